The number of nitrogens with zero attached hydrogens (tertiary/aromatic N) is 1. The molecule has 0 saturated heterocycles. The number of para-hydroxylation sites is 1. The zero-order chi connectivity index (χ0) is 26.6. The number of aromatic hydroxyl groups is 1. The van der Waals surface area contributed by atoms with E-state index in [1.807, 2.05) is 6.92 Å². The van der Waals surface area contributed by atoms with E-state index in [4.69, 9.17) is 4.74 Å². The average molecular weight is 494 g/mol. The highest BCUT2D eigenvalue weighted by Gasteiger charge is 2.37. The van der Waals surface area contributed by atoms with Gasteiger partial charge in [0.05, 0.1) is 6.61 Å². The second-order valence-electron chi connectivity index (χ2n) is 9.68. The molecule has 0 aromatic heterocycles. The molecule has 2 unspecified atom stereocenters. The fourth-order valence-electron chi connectivity index (χ4n) is 3.57. The Morgan fingerprint density at radius 1 is 1.09 bits per heavy atom. The van der Waals surface area contributed by atoms with Gasteiger partial charge in [-0.2, -0.15) is 0 Å². The number of hydrogen-bond donors (Lipinski definition) is 4. The minimum absolute atomic E-state index is 0.0730. The molecule has 9 nitrogen and oxygen atoms in total. The summed E-state index contributed by atoms with van der Waals surface area (Å²) in [4.78, 5) is 40.7. The van der Waals surface area contributed by atoms with Gasteiger partial charge in [-0.3, -0.25) is 9.59 Å². The fourth-order valence-corrected chi connectivity index (χ4v) is 3.57. The molecule has 0 bridgehead atoms. The quantitative estimate of drug-likeness (QED) is 0.311. The lowest BCUT2D eigenvalue weighted by Crippen LogP contribution is -2.54. The Labute approximate surface area is 209 Å². The number of aryl methyl sites for hydroxylation is 1. The number of rotatable bonds is 13. The van der Waals surface area contributed by atoms with Crippen LogP contribution in [0.2, 0.25) is 0 Å². The zero-order valence-corrected chi connectivity index (χ0v) is 22.0. The largest absolute Gasteiger partial charge is 0.507 e. The molecule has 0 saturated carbocycles. The highest BCUT2D eigenvalue weighted by molar-refractivity contribution is 5.92. The first-order valence-corrected chi connectivity index (χ1v) is 12.4. The molecule has 9 heteroatoms. The maximum Gasteiger partial charge on any atom is 0.408 e. The van der Waals surface area contributed by atoms with Crippen molar-refractivity contribution in [3.8, 4) is 5.75 Å². The molecule has 0 aliphatic heterocycles. The lowest BCUT2D eigenvalue weighted by molar-refractivity contribution is -0.143. The van der Waals surface area contributed by atoms with Crippen molar-refractivity contribution in [2.45, 2.75) is 91.3 Å². The van der Waals surface area contributed by atoms with Gasteiger partial charge in [-0.05, 0) is 46.1 Å². The van der Waals surface area contributed by atoms with Gasteiger partial charge >= 0.3 is 6.09 Å². The normalized spacial score (nSPS) is 13.0. The van der Waals surface area contributed by atoms with Crippen molar-refractivity contribution in [1.82, 2.24) is 15.5 Å². The standard InChI is InChI=1S/C26H43N3O6/c1-7-9-11-15-27-23(32)21(19-14-12-13-18(3)22(19)31)29(16-10-8-2)24(33)20(17-30)28-25(34)35-26(4,5)6/h12-14,20-21,30-31H,7-11,15-17H2,1-6H3,(H,27,32)(H,28,34). The molecule has 1 aromatic rings. The number of unbranched alkanes of at least 4 members (excludes halogenated alkanes) is 3. The third-order valence-corrected chi connectivity index (χ3v) is 5.41. The van der Waals surface area contributed by atoms with Gasteiger partial charge in [0.15, 0.2) is 0 Å². The van der Waals surface area contributed by atoms with Gasteiger partial charge in [-0.25, -0.2) is 4.79 Å². The zero-order valence-electron chi connectivity index (χ0n) is 22.0. The summed E-state index contributed by atoms with van der Waals surface area (Å²) in [6, 6.07) is 2.59. The van der Waals surface area contributed by atoms with Crippen molar-refractivity contribution < 1.29 is 29.3 Å². The Kier molecular flexibility index (Phi) is 12.6. The number of carbonyl (C=O) groups excluding carboxylic acids is 3. The predicted octanol–water partition coefficient (Wildman–Crippen LogP) is 3.56. The number of phenols is 1. The molecular formula is C26H43N3O6. The molecule has 0 aliphatic rings. The highest BCUT2D eigenvalue weighted by atomic mass is 16.6. The van der Waals surface area contributed by atoms with Crippen LogP contribution in [0.1, 0.15) is 83.9 Å². The molecule has 1 aromatic carbocycles. The van der Waals surface area contributed by atoms with Crippen molar-refractivity contribution in [3.05, 3.63) is 29.3 Å². The van der Waals surface area contributed by atoms with E-state index in [0.717, 1.165) is 25.7 Å². The number of amides is 3. The monoisotopic (exact) mass is 493 g/mol. The molecule has 198 valence electrons. The molecule has 3 amide bonds. The van der Waals surface area contributed by atoms with Crippen molar-refractivity contribution in [3.63, 3.8) is 0 Å². The minimum Gasteiger partial charge on any atom is -0.507 e. The van der Waals surface area contributed by atoms with E-state index in [1.165, 1.54) is 4.90 Å². The second-order valence-corrected chi connectivity index (χ2v) is 9.68. The molecule has 2 atom stereocenters. The second kappa shape index (κ2) is 14.6. The first-order chi connectivity index (χ1) is 16.5. The highest BCUT2D eigenvalue weighted by Crippen LogP contribution is 2.32. The van der Waals surface area contributed by atoms with E-state index in [9.17, 15) is 24.6 Å². The smallest absolute Gasteiger partial charge is 0.408 e. The number of hydrogen-bond acceptors (Lipinski definition) is 6. The number of phenolic OH excluding ortho intramolecular Hbond substituents is 1. The van der Waals surface area contributed by atoms with Gasteiger partial charge in [0, 0.05) is 18.7 Å². The van der Waals surface area contributed by atoms with E-state index < -0.39 is 42.2 Å². The van der Waals surface area contributed by atoms with Crippen molar-refractivity contribution in [2.24, 2.45) is 0 Å². The predicted molar refractivity (Wildman–Crippen MR) is 135 cm³/mol. The summed E-state index contributed by atoms with van der Waals surface area (Å²) in [7, 11) is 0. The van der Waals surface area contributed by atoms with Gasteiger partial charge in [-0.1, -0.05) is 51.3 Å². The minimum atomic E-state index is -1.32. The van der Waals surface area contributed by atoms with Gasteiger partial charge in [-0.15, -0.1) is 0 Å². The van der Waals surface area contributed by atoms with E-state index in [-0.39, 0.29) is 17.9 Å². The van der Waals surface area contributed by atoms with Gasteiger partial charge in [0.2, 0.25) is 11.8 Å². The molecule has 0 spiro atoms. The van der Waals surface area contributed by atoms with Crippen LogP contribution in [-0.2, 0) is 14.3 Å². The first kappa shape index (κ1) is 30.2. The number of aliphatic hydroxyl groups excluding tert-OH is 1. The third-order valence-electron chi connectivity index (χ3n) is 5.41. The molecule has 0 radical (unpaired) electrons. The summed E-state index contributed by atoms with van der Waals surface area (Å²) in [5.74, 6) is -1.14. The number of alkyl carbamates (subject to hydrolysis) is 1. The van der Waals surface area contributed by atoms with E-state index in [2.05, 4.69) is 17.6 Å². The third kappa shape index (κ3) is 9.76. The van der Waals surface area contributed by atoms with Gasteiger partial charge < -0.3 is 30.5 Å². The lowest BCUT2D eigenvalue weighted by Gasteiger charge is -2.34. The molecule has 0 heterocycles. The van der Waals surface area contributed by atoms with Gasteiger partial charge in [0.25, 0.3) is 0 Å². The fraction of sp³-hybridized carbons (Fsp3) is 0.654. The first-order valence-electron chi connectivity index (χ1n) is 12.4. The number of nitrogens with one attached hydrogen (secondary N) is 2. The van der Waals surface area contributed by atoms with Crippen LogP contribution in [0, 0.1) is 6.92 Å². The average Bonchev–Trinajstić information content (AvgIpc) is 2.78. The number of benzene rings is 1. The van der Waals surface area contributed by atoms with Crippen LogP contribution in [-0.4, -0.2) is 64.4 Å². The summed E-state index contributed by atoms with van der Waals surface area (Å²) in [6.07, 6.45) is 3.22. The summed E-state index contributed by atoms with van der Waals surface area (Å²) >= 11 is 0. The molecular weight excluding hydrogens is 450 g/mol. The number of ether oxygens (including phenoxy) is 1. The van der Waals surface area contributed by atoms with Gasteiger partial charge in [0.1, 0.15) is 23.4 Å². The Bertz CT molecular complexity index is 837. The Morgan fingerprint density at radius 2 is 1.74 bits per heavy atom. The summed E-state index contributed by atoms with van der Waals surface area (Å²) < 4.78 is 5.23. The van der Waals surface area contributed by atoms with Crippen LogP contribution in [0.15, 0.2) is 18.2 Å². The maximum absolute atomic E-state index is 13.6. The van der Waals surface area contributed by atoms with Crippen LogP contribution >= 0.6 is 0 Å². The van der Waals surface area contributed by atoms with Crippen LogP contribution in [0.5, 0.6) is 5.75 Å². The van der Waals surface area contributed by atoms with Crippen LogP contribution in [0.3, 0.4) is 0 Å². The van der Waals surface area contributed by atoms with Crippen LogP contribution in [0.25, 0.3) is 0 Å². The van der Waals surface area contributed by atoms with Crippen molar-refractivity contribution in [2.75, 3.05) is 19.7 Å². The summed E-state index contributed by atoms with van der Waals surface area (Å²) in [5.41, 5.74) is 0.0692. The Balaban J connectivity index is 3.37. The topological polar surface area (TPSA) is 128 Å². The van der Waals surface area contributed by atoms with E-state index in [0.29, 0.717) is 18.5 Å². The Morgan fingerprint density at radius 3 is 2.31 bits per heavy atom. The molecule has 35 heavy (non-hydrogen) atoms. The molecule has 0 fully saturated rings. The SMILES string of the molecule is CCCCCNC(=O)C(c1cccc(C)c1O)N(CCCC)C(=O)C(CO)NC(=O)OC(C)(C)C. The van der Waals surface area contributed by atoms with Crippen molar-refractivity contribution in [1.29, 1.82) is 0 Å². The lowest BCUT2D eigenvalue weighted by atomic mass is 9.99. The maximum atomic E-state index is 13.6. The number of aliphatic hydroxyl groups is 1. The summed E-state index contributed by atoms with van der Waals surface area (Å²) in [6.45, 7) is 10.8. The molecule has 1 rings (SSSR count). The van der Waals surface area contributed by atoms with E-state index >= 15 is 0 Å². The molecule has 4 N–H and O–H groups in total. The van der Waals surface area contributed by atoms with E-state index in [1.54, 1.807) is 45.9 Å². The summed E-state index contributed by atoms with van der Waals surface area (Å²) in [5, 5.41) is 26.0. The van der Waals surface area contributed by atoms with Crippen LogP contribution < -0.4 is 10.6 Å². The number of carbonyl (C=O) groups is 3. The van der Waals surface area contributed by atoms with Crippen LogP contribution in [0.4, 0.5) is 4.79 Å². The Hall–Kier alpha value is -2.81. The van der Waals surface area contributed by atoms with Crippen molar-refractivity contribution >= 4 is 17.9 Å². The molecule has 0 aliphatic carbocycles.